The van der Waals surface area contributed by atoms with E-state index in [1.165, 1.54) is 31.2 Å². The quantitative estimate of drug-likeness (QED) is 0.870. The van der Waals surface area contributed by atoms with Gasteiger partial charge in [-0.3, -0.25) is 4.90 Å². The molecule has 3 unspecified atom stereocenters. The van der Waals surface area contributed by atoms with Gasteiger partial charge in [0, 0.05) is 17.6 Å². The molecule has 0 radical (unpaired) electrons. The number of nitrogens with zero attached hydrogens (tertiary/aromatic N) is 1. The van der Waals surface area contributed by atoms with Crippen molar-refractivity contribution in [3.63, 3.8) is 0 Å². The van der Waals surface area contributed by atoms with Gasteiger partial charge in [0.25, 0.3) is 0 Å². The molecule has 21 heavy (non-hydrogen) atoms. The molecular weight excluding hydrogens is 260 g/mol. The fraction of sp³-hybridized carbons (Fsp3) is 0.667. The van der Waals surface area contributed by atoms with Gasteiger partial charge in [-0.25, -0.2) is 0 Å². The highest BCUT2D eigenvalue weighted by atomic mass is 16.5. The third-order valence-electron chi connectivity index (χ3n) is 5.05. The molecule has 3 nitrogen and oxygen atoms in total. The average molecular weight is 290 g/mol. The first-order valence-corrected chi connectivity index (χ1v) is 8.31. The van der Waals surface area contributed by atoms with Gasteiger partial charge in [-0.2, -0.15) is 0 Å². The second-order valence-electron chi connectivity index (χ2n) is 6.10. The number of methoxy groups -OCH3 is 1. The lowest BCUT2D eigenvalue weighted by Gasteiger charge is -2.42. The molecular formula is C18H30N2O. The molecule has 0 spiro atoms. The summed E-state index contributed by atoms with van der Waals surface area (Å²) < 4.78 is 5.55. The van der Waals surface area contributed by atoms with E-state index < -0.39 is 0 Å². The fourth-order valence-corrected chi connectivity index (χ4v) is 3.89. The van der Waals surface area contributed by atoms with Crippen LogP contribution in [0.1, 0.15) is 51.1 Å². The predicted octanol–water partition coefficient (Wildman–Crippen LogP) is 3.60. The zero-order chi connectivity index (χ0) is 15.2. The number of hydrogen-bond acceptors (Lipinski definition) is 3. The first-order valence-electron chi connectivity index (χ1n) is 8.31. The molecule has 0 aromatic heterocycles. The first kappa shape index (κ1) is 16.3. The van der Waals surface area contributed by atoms with E-state index in [2.05, 4.69) is 36.9 Å². The summed E-state index contributed by atoms with van der Waals surface area (Å²) >= 11 is 0. The van der Waals surface area contributed by atoms with Gasteiger partial charge in [0.05, 0.1) is 7.11 Å². The second kappa shape index (κ2) is 7.81. The van der Waals surface area contributed by atoms with Crippen molar-refractivity contribution in [2.24, 2.45) is 11.7 Å². The Morgan fingerprint density at radius 3 is 2.67 bits per heavy atom. The number of benzene rings is 1. The Morgan fingerprint density at radius 1 is 1.29 bits per heavy atom. The highest BCUT2D eigenvalue weighted by Crippen LogP contribution is 2.35. The van der Waals surface area contributed by atoms with Crippen LogP contribution in [-0.2, 0) is 0 Å². The predicted molar refractivity (Wildman–Crippen MR) is 88.6 cm³/mol. The summed E-state index contributed by atoms with van der Waals surface area (Å²) in [5, 5.41) is 0. The van der Waals surface area contributed by atoms with Crippen LogP contribution in [0, 0.1) is 5.92 Å². The number of hydrogen-bond donors (Lipinski definition) is 1. The second-order valence-corrected chi connectivity index (χ2v) is 6.10. The van der Waals surface area contributed by atoms with Crippen LogP contribution in [0.3, 0.4) is 0 Å². The molecule has 0 aliphatic heterocycles. The van der Waals surface area contributed by atoms with E-state index in [4.69, 9.17) is 10.5 Å². The van der Waals surface area contributed by atoms with Crippen LogP contribution in [0.2, 0.25) is 0 Å². The Hall–Kier alpha value is -1.06. The molecule has 1 aliphatic rings. The van der Waals surface area contributed by atoms with Gasteiger partial charge in [0.15, 0.2) is 0 Å². The smallest absolute Gasteiger partial charge is 0.123 e. The summed E-state index contributed by atoms with van der Waals surface area (Å²) in [4.78, 5) is 2.62. The minimum atomic E-state index is 0.364. The number of nitrogens with two attached hydrogens (primary N) is 1. The summed E-state index contributed by atoms with van der Waals surface area (Å²) in [5.41, 5.74) is 7.31. The van der Waals surface area contributed by atoms with E-state index in [1.54, 1.807) is 7.11 Å². The van der Waals surface area contributed by atoms with Crippen molar-refractivity contribution < 1.29 is 4.74 Å². The molecule has 2 N–H and O–H groups in total. The van der Waals surface area contributed by atoms with Crippen LogP contribution >= 0.6 is 0 Å². The molecule has 3 heteroatoms. The first-order chi connectivity index (χ1) is 10.2. The standard InChI is InChI=1S/C18H30N2O/c1-4-20(17-11-7-5-9-15(17)13-19)14(2)16-10-6-8-12-18(16)21-3/h6,8,10,12,14-15,17H,4-5,7,9,11,13,19H2,1-3H3. The van der Waals surface area contributed by atoms with Crippen molar-refractivity contribution in [1.29, 1.82) is 0 Å². The highest BCUT2D eigenvalue weighted by molar-refractivity contribution is 5.35. The van der Waals surface area contributed by atoms with Gasteiger partial charge in [0.2, 0.25) is 0 Å². The van der Waals surface area contributed by atoms with Crippen LogP contribution in [-0.4, -0.2) is 31.1 Å². The van der Waals surface area contributed by atoms with E-state index >= 15 is 0 Å². The lowest BCUT2D eigenvalue weighted by atomic mass is 9.82. The van der Waals surface area contributed by atoms with Crippen molar-refractivity contribution in [2.75, 3.05) is 20.2 Å². The average Bonchev–Trinajstić information content (AvgIpc) is 2.55. The largest absolute Gasteiger partial charge is 0.496 e. The number of ether oxygens (including phenoxy) is 1. The van der Waals surface area contributed by atoms with Crippen LogP contribution in [0.15, 0.2) is 24.3 Å². The topological polar surface area (TPSA) is 38.5 Å². The Labute approximate surface area is 129 Å². The van der Waals surface area contributed by atoms with E-state index in [-0.39, 0.29) is 0 Å². The SMILES string of the molecule is CCN(C(C)c1ccccc1OC)C1CCCCC1CN. The Bertz CT molecular complexity index is 435. The van der Waals surface area contributed by atoms with Crippen molar-refractivity contribution >= 4 is 0 Å². The van der Waals surface area contributed by atoms with E-state index in [0.717, 1.165) is 18.8 Å². The molecule has 0 heterocycles. The number of rotatable bonds is 6. The minimum Gasteiger partial charge on any atom is -0.496 e. The van der Waals surface area contributed by atoms with E-state index in [9.17, 15) is 0 Å². The zero-order valence-corrected chi connectivity index (χ0v) is 13.7. The Balaban J connectivity index is 2.23. The van der Waals surface area contributed by atoms with Crippen molar-refractivity contribution in [3.8, 4) is 5.75 Å². The van der Waals surface area contributed by atoms with Crippen molar-refractivity contribution in [3.05, 3.63) is 29.8 Å². The van der Waals surface area contributed by atoms with E-state index in [1.807, 2.05) is 6.07 Å². The summed E-state index contributed by atoms with van der Waals surface area (Å²) in [7, 11) is 1.76. The van der Waals surface area contributed by atoms with Gasteiger partial charge in [0.1, 0.15) is 5.75 Å². The molecule has 118 valence electrons. The summed E-state index contributed by atoms with van der Waals surface area (Å²) in [6, 6.07) is 9.35. The zero-order valence-electron chi connectivity index (χ0n) is 13.7. The maximum absolute atomic E-state index is 6.03. The lowest BCUT2D eigenvalue weighted by molar-refractivity contribution is 0.0759. The highest BCUT2D eigenvalue weighted by Gasteiger charge is 2.32. The fourth-order valence-electron chi connectivity index (χ4n) is 3.89. The van der Waals surface area contributed by atoms with Gasteiger partial charge in [-0.15, -0.1) is 0 Å². The van der Waals surface area contributed by atoms with Crippen LogP contribution in [0.5, 0.6) is 5.75 Å². The summed E-state index contributed by atoms with van der Waals surface area (Å²) in [6.45, 7) is 6.41. The Morgan fingerprint density at radius 2 is 2.00 bits per heavy atom. The molecule has 3 atom stereocenters. The number of para-hydroxylation sites is 1. The third-order valence-corrected chi connectivity index (χ3v) is 5.05. The molecule has 0 bridgehead atoms. The molecule has 1 saturated carbocycles. The van der Waals surface area contributed by atoms with Crippen LogP contribution in [0.25, 0.3) is 0 Å². The van der Waals surface area contributed by atoms with Crippen LogP contribution < -0.4 is 10.5 Å². The van der Waals surface area contributed by atoms with Crippen molar-refractivity contribution in [2.45, 2.75) is 51.6 Å². The summed E-state index contributed by atoms with van der Waals surface area (Å²) in [5.74, 6) is 1.62. The maximum Gasteiger partial charge on any atom is 0.123 e. The summed E-state index contributed by atoms with van der Waals surface area (Å²) in [6.07, 6.45) is 5.21. The molecule has 0 saturated heterocycles. The van der Waals surface area contributed by atoms with E-state index in [0.29, 0.717) is 18.0 Å². The molecule has 1 fully saturated rings. The molecule has 2 rings (SSSR count). The van der Waals surface area contributed by atoms with Crippen molar-refractivity contribution in [1.82, 2.24) is 4.90 Å². The lowest BCUT2D eigenvalue weighted by Crippen LogP contribution is -2.46. The van der Waals surface area contributed by atoms with Gasteiger partial charge in [-0.1, -0.05) is 38.0 Å². The van der Waals surface area contributed by atoms with Crippen LogP contribution in [0.4, 0.5) is 0 Å². The third kappa shape index (κ3) is 3.58. The van der Waals surface area contributed by atoms with Gasteiger partial charge < -0.3 is 10.5 Å². The normalized spacial score (nSPS) is 24.0. The molecule has 1 aromatic rings. The maximum atomic E-state index is 6.03. The van der Waals surface area contributed by atoms with Gasteiger partial charge >= 0.3 is 0 Å². The monoisotopic (exact) mass is 290 g/mol. The molecule has 1 aromatic carbocycles. The molecule has 0 amide bonds. The molecule has 1 aliphatic carbocycles. The Kier molecular flexibility index (Phi) is 6.07. The minimum absolute atomic E-state index is 0.364. The van der Waals surface area contributed by atoms with Gasteiger partial charge in [-0.05, 0) is 44.8 Å².